The van der Waals surface area contributed by atoms with Gasteiger partial charge in [-0.15, -0.1) is 0 Å². The lowest BCUT2D eigenvalue weighted by Crippen LogP contribution is -2.16. The standard InChI is InChI=1S/C14H17N3S/c1-8-2-5-11-13(15-8)17(14(18)16-11)12-7-9-3-4-10(12)6-9/h2,5,9-10,12H,3-4,6-7H2,1H3,(H,16,18). The molecule has 2 fully saturated rings. The highest BCUT2D eigenvalue weighted by Gasteiger charge is 2.41. The van der Waals surface area contributed by atoms with Crippen molar-refractivity contribution in [2.75, 3.05) is 0 Å². The molecule has 18 heavy (non-hydrogen) atoms. The second-order valence-corrected chi connectivity index (χ2v) is 6.25. The Bertz CT molecular complexity index is 669. The highest BCUT2D eigenvalue weighted by atomic mass is 32.1. The summed E-state index contributed by atoms with van der Waals surface area (Å²) in [5, 5.41) is 0. The molecule has 94 valence electrons. The Morgan fingerprint density at radius 1 is 1.33 bits per heavy atom. The fourth-order valence-electron chi connectivity index (χ4n) is 3.93. The van der Waals surface area contributed by atoms with Crippen molar-refractivity contribution in [3.8, 4) is 0 Å². The molecule has 2 saturated carbocycles. The molecule has 2 aliphatic rings. The van der Waals surface area contributed by atoms with Gasteiger partial charge in [0.2, 0.25) is 0 Å². The van der Waals surface area contributed by atoms with Crippen LogP contribution in [0.25, 0.3) is 11.2 Å². The van der Waals surface area contributed by atoms with Gasteiger partial charge in [0.15, 0.2) is 10.4 Å². The van der Waals surface area contributed by atoms with Crippen LogP contribution in [0.15, 0.2) is 12.1 Å². The number of nitrogens with zero attached hydrogens (tertiary/aromatic N) is 2. The summed E-state index contributed by atoms with van der Waals surface area (Å²) >= 11 is 5.52. The molecule has 3 nitrogen and oxygen atoms in total. The normalized spacial score (nSPS) is 30.4. The average Bonchev–Trinajstić information content (AvgIpc) is 3.01. The van der Waals surface area contributed by atoms with Gasteiger partial charge in [-0.1, -0.05) is 6.42 Å². The lowest BCUT2D eigenvalue weighted by molar-refractivity contribution is 0.332. The van der Waals surface area contributed by atoms with Crippen LogP contribution in [-0.4, -0.2) is 14.5 Å². The van der Waals surface area contributed by atoms with Gasteiger partial charge in [0.25, 0.3) is 0 Å². The van der Waals surface area contributed by atoms with Gasteiger partial charge in [-0.3, -0.25) is 4.57 Å². The number of H-pyrrole nitrogens is 1. The number of aromatic amines is 1. The van der Waals surface area contributed by atoms with Gasteiger partial charge in [0.05, 0.1) is 5.52 Å². The van der Waals surface area contributed by atoms with E-state index in [2.05, 4.69) is 20.6 Å². The second-order valence-electron chi connectivity index (χ2n) is 5.87. The van der Waals surface area contributed by atoms with Gasteiger partial charge in [-0.25, -0.2) is 4.98 Å². The van der Waals surface area contributed by atoms with E-state index in [1.165, 1.54) is 25.7 Å². The number of aromatic nitrogens is 3. The van der Waals surface area contributed by atoms with Crippen LogP contribution in [0.5, 0.6) is 0 Å². The van der Waals surface area contributed by atoms with E-state index in [9.17, 15) is 0 Å². The second kappa shape index (κ2) is 3.67. The molecule has 4 rings (SSSR count). The van der Waals surface area contributed by atoms with Crippen LogP contribution in [0.1, 0.15) is 37.4 Å². The van der Waals surface area contributed by atoms with E-state index in [-0.39, 0.29) is 0 Å². The maximum absolute atomic E-state index is 5.52. The van der Waals surface area contributed by atoms with E-state index < -0.39 is 0 Å². The van der Waals surface area contributed by atoms with E-state index in [0.29, 0.717) is 6.04 Å². The molecule has 3 atom stereocenters. The average molecular weight is 259 g/mol. The highest BCUT2D eigenvalue weighted by molar-refractivity contribution is 7.71. The molecule has 0 aromatic carbocycles. The lowest BCUT2D eigenvalue weighted by atomic mass is 9.95. The van der Waals surface area contributed by atoms with Crippen LogP contribution in [0.2, 0.25) is 0 Å². The number of aryl methyl sites for hydroxylation is 1. The molecule has 0 amide bonds. The summed E-state index contributed by atoms with van der Waals surface area (Å²) in [6.07, 6.45) is 5.48. The van der Waals surface area contributed by atoms with Crippen LogP contribution in [0.3, 0.4) is 0 Å². The third-order valence-corrected chi connectivity index (χ3v) is 5.03. The zero-order valence-electron chi connectivity index (χ0n) is 10.5. The van der Waals surface area contributed by atoms with Gasteiger partial charge in [0, 0.05) is 11.7 Å². The Morgan fingerprint density at radius 3 is 2.94 bits per heavy atom. The van der Waals surface area contributed by atoms with Crippen LogP contribution in [-0.2, 0) is 0 Å². The van der Waals surface area contributed by atoms with Gasteiger partial charge < -0.3 is 4.98 Å². The molecule has 0 saturated heterocycles. The smallest absolute Gasteiger partial charge is 0.179 e. The molecule has 4 heteroatoms. The molecule has 2 aromatic heterocycles. The summed E-state index contributed by atoms with van der Waals surface area (Å²) in [4.78, 5) is 8.00. The first kappa shape index (κ1) is 10.7. The minimum Gasteiger partial charge on any atom is -0.329 e. The predicted molar refractivity (Wildman–Crippen MR) is 74.1 cm³/mol. The van der Waals surface area contributed by atoms with E-state index in [0.717, 1.165) is 33.5 Å². The van der Waals surface area contributed by atoms with Crippen molar-refractivity contribution in [2.24, 2.45) is 11.8 Å². The Hall–Kier alpha value is -1.16. The first-order valence-electron chi connectivity index (χ1n) is 6.80. The molecule has 2 aromatic rings. The van der Waals surface area contributed by atoms with Gasteiger partial charge >= 0.3 is 0 Å². The van der Waals surface area contributed by atoms with Crippen molar-refractivity contribution in [1.82, 2.24) is 14.5 Å². The Morgan fingerprint density at radius 2 is 2.22 bits per heavy atom. The minimum atomic E-state index is 0.583. The molecular formula is C14H17N3S. The number of rotatable bonds is 1. The van der Waals surface area contributed by atoms with Gasteiger partial charge in [-0.2, -0.15) is 0 Å². The predicted octanol–water partition coefficient (Wildman–Crippen LogP) is 3.76. The first-order valence-corrected chi connectivity index (χ1v) is 7.21. The number of hydrogen-bond acceptors (Lipinski definition) is 2. The van der Waals surface area contributed by atoms with Crippen molar-refractivity contribution in [2.45, 2.75) is 38.6 Å². The highest BCUT2D eigenvalue weighted by Crippen LogP contribution is 2.51. The van der Waals surface area contributed by atoms with E-state index in [1.54, 1.807) is 0 Å². The fourth-order valence-corrected chi connectivity index (χ4v) is 4.26. The zero-order valence-corrected chi connectivity index (χ0v) is 11.3. The summed E-state index contributed by atoms with van der Waals surface area (Å²) in [7, 11) is 0. The van der Waals surface area contributed by atoms with Crippen molar-refractivity contribution < 1.29 is 0 Å². The van der Waals surface area contributed by atoms with Crippen LogP contribution in [0.4, 0.5) is 0 Å². The van der Waals surface area contributed by atoms with Crippen LogP contribution >= 0.6 is 12.2 Å². The number of pyridine rings is 1. The van der Waals surface area contributed by atoms with E-state index >= 15 is 0 Å². The van der Waals surface area contributed by atoms with E-state index in [4.69, 9.17) is 12.2 Å². The third kappa shape index (κ3) is 1.41. The third-order valence-electron chi connectivity index (χ3n) is 4.74. The Balaban J connectivity index is 1.91. The number of hydrogen-bond donors (Lipinski definition) is 1. The summed E-state index contributed by atoms with van der Waals surface area (Å²) < 4.78 is 3.14. The summed E-state index contributed by atoms with van der Waals surface area (Å²) in [6, 6.07) is 4.72. The number of fused-ring (bicyclic) bond motifs is 3. The Kier molecular flexibility index (Phi) is 2.19. The summed E-state index contributed by atoms with van der Waals surface area (Å²) in [5.41, 5.74) is 3.19. The fraction of sp³-hybridized carbons (Fsp3) is 0.571. The molecule has 3 unspecified atom stereocenters. The molecule has 2 aliphatic carbocycles. The summed E-state index contributed by atoms with van der Waals surface area (Å²) in [6.45, 7) is 2.04. The topological polar surface area (TPSA) is 33.6 Å². The molecular weight excluding hydrogens is 242 g/mol. The number of imidazole rings is 1. The zero-order chi connectivity index (χ0) is 12.3. The monoisotopic (exact) mass is 259 g/mol. The molecule has 2 heterocycles. The van der Waals surface area contributed by atoms with E-state index in [1.807, 2.05) is 13.0 Å². The molecule has 0 radical (unpaired) electrons. The van der Waals surface area contributed by atoms with Gasteiger partial charge in [-0.05, 0) is 62.4 Å². The maximum Gasteiger partial charge on any atom is 0.179 e. The lowest BCUT2D eigenvalue weighted by Gasteiger charge is -2.23. The maximum atomic E-state index is 5.52. The quantitative estimate of drug-likeness (QED) is 0.791. The SMILES string of the molecule is Cc1ccc2[nH]c(=S)n(C3CC4CCC3C4)c2n1. The minimum absolute atomic E-state index is 0.583. The largest absolute Gasteiger partial charge is 0.329 e. The molecule has 1 N–H and O–H groups in total. The first-order chi connectivity index (χ1) is 8.72. The molecule has 0 spiro atoms. The van der Waals surface area contributed by atoms with Gasteiger partial charge in [0.1, 0.15) is 0 Å². The van der Waals surface area contributed by atoms with Crippen molar-refractivity contribution >= 4 is 23.4 Å². The van der Waals surface area contributed by atoms with Crippen LogP contribution in [0, 0.1) is 23.5 Å². The Labute approximate surface area is 111 Å². The molecule has 0 aliphatic heterocycles. The number of nitrogens with one attached hydrogen (secondary N) is 1. The summed E-state index contributed by atoms with van der Waals surface area (Å²) in [5.74, 6) is 1.75. The van der Waals surface area contributed by atoms with Crippen molar-refractivity contribution in [1.29, 1.82) is 0 Å². The van der Waals surface area contributed by atoms with Crippen LogP contribution < -0.4 is 0 Å². The molecule has 2 bridgehead atoms. The van der Waals surface area contributed by atoms with Crippen molar-refractivity contribution in [3.05, 3.63) is 22.6 Å². The van der Waals surface area contributed by atoms with Crippen molar-refractivity contribution in [3.63, 3.8) is 0 Å².